The Morgan fingerprint density at radius 1 is 1.29 bits per heavy atom. The number of ether oxygens (including phenoxy) is 1. The number of thioether (sulfide) groups is 1. The highest BCUT2D eigenvalue weighted by atomic mass is 32.2. The van der Waals surface area contributed by atoms with Crippen LogP contribution in [0.15, 0.2) is 35.2 Å². The van der Waals surface area contributed by atoms with Crippen LogP contribution in [0, 0.1) is 0 Å². The number of hydrogen-bond acceptors (Lipinski definition) is 4. The maximum atomic E-state index is 12.0. The minimum absolute atomic E-state index is 0.191. The van der Waals surface area contributed by atoms with E-state index in [0.717, 1.165) is 30.4 Å². The number of allylic oxidation sites excluding steroid dienone is 1. The molecule has 0 unspecified atom stereocenters. The van der Waals surface area contributed by atoms with Gasteiger partial charge in [0.25, 0.3) is 11.1 Å². The van der Waals surface area contributed by atoms with Crippen molar-refractivity contribution >= 4 is 22.9 Å². The van der Waals surface area contributed by atoms with Crippen molar-refractivity contribution in [2.24, 2.45) is 0 Å². The second-order valence-corrected chi connectivity index (χ2v) is 5.63. The van der Waals surface area contributed by atoms with Crippen molar-refractivity contribution in [3.8, 4) is 5.75 Å². The SMILES string of the molecule is COc1ccc(CC/C=C2\SC(=O)N(CC[NH3+])C2=O)cc1. The molecule has 1 heterocycles. The van der Waals surface area contributed by atoms with Crippen LogP contribution in [0.1, 0.15) is 12.0 Å². The standard InChI is InChI=1S/C15H18N2O3S/c1-20-12-7-5-11(6-8-12)3-2-4-13-14(18)17(10-9-16)15(19)21-13/h4-8H,2-3,9-10,16H2,1H3/p+1/b13-4-. The Hall–Kier alpha value is -1.79. The number of aryl methyl sites for hydroxylation is 1. The molecule has 0 aliphatic carbocycles. The molecule has 1 aromatic carbocycles. The minimum atomic E-state index is -0.195. The summed E-state index contributed by atoms with van der Waals surface area (Å²) in [7, 11) is 1.64. The number of nitrogens with zero attached hydrogens (tertiary/aromatic N) is 1. The number of hydrogen-bond donors (Lipinski definition) is 1. The van der Waals surface area contributed by atoms with E-state index in [2.05, 4.69) is 5.73 Å². The summed E-state index contributed by atoms with van der Waals surface area (Å²) >= 11 is 1.01. The Morgan fingerprint density at radius 3 is 2.62 bits per heavy atom. The van der Waals surface area contributed by atoms with Crippen LogP contribution in [0.5, 0.6) is 5.75 Å². The van der Waals surface area contributed by atoms with Gasteiger partial charge in [0.2, 0.25) is 0 Å². The van der Waals surface area contributed by atoms with Gasteiger partial charge in [-0.15, -0.1) is 0 Å². The molecule has 1 aliphatic rings. The van der Waals surface area contributed by atoms with Crippen LogP contribution in [0.4, 0.5) is 4.79 Å². The number of benzene rings is 1. The minimum Gasteiger partial charge on any atom is -0.497 e. The first-order chi connectivity index (χ1) is 10.2. The lowest BCUT2D eigenvalue weighted by atomic mass is 10.1. The van der Waals surface area contributed by atoms with Gasteiger partial charge in [-0.05, 0) is 42.3 Å². The molecular weight excluding hydrogens is 288 g/mol. The van der Waals surface area contributed by atoms with Gasteiger partial charge in [-0.1, -0.05) is 18.2 Å². The average molecular weight is 307 g/mol. The van der Waals surface area contributed by atoms with Crippen molar-refractivity contribution in [3.63, 3.8) is 0 Å². The van der Waals surface area contributed by atoms with Crippen LogP contribution in [0.2, 0.25) is 0 Å². The van der Waals surface area contributed by atoms with E-state index in [-0.39, 0.29) is 11.1 Å². The number of imide groups is 1. The highest BCUT2D eigenvalue weighted by Crippen LogP contribution is 2.30. The number of rotatable bonds is 6. The van der Waals surface area contributed by atoms with E-state index < -0.39 is 0 Å². The summed E-state index contributed by atoms with van der Waals surface area (Å²) in [6, 6.07) is 7.83. The van der Waals surface area contributed by atoms with E-state index >= 15 is 0 Å². The molecule has 1 aromatic rings. The normalized spacial score (nSPS) is 16.9. The zero-order chi connectivity index (χ0) is 15.2. The van der Waals surface area contributed by atoms with Crippen LogP contribution in [0.3, 0.4) is 0 Å². The average Bonchev–Trinajstić information content (AvgIpc) is 2.76. The molecule has 0 spiro atoms. The molecule has 2 amide bonds. The van der Waals surface area contributed by atoms with E-state index in [4.69, 9.17) is 4.74 Å². The lowest BCUT2D eigenvalue weighted by molar-refractivity contribution is -0.367. The fourth-order valence-electron chi connectivity index (χ4n) is 2.05. The van der Waals surface area contributed by atoms with Gasteiger partial charge in [-0.2, -0.15) is 0 Å². The summed E-state index contributed by atoms with van der Waals surface area (Å²) in [5, 5.41) is -0.195. The van der Waals surface area contributed by atoms with Gasteiger partial charge in [-0.3, -0.25) is 14.5 Å². The number of carbonyl (C=O) groups excluding carboxylic acids is 2. The predicted molar refractivity (Wildman–Crippen MR) is 81.9 cm³/mol. The monoisotopic (exact) mass is 307 g/mol. The van der Waals surface area contributed by atoms with Crippen molar-refractivity contribution in [1.29, 1.82) is 0 Å². The summed E-state index contributed by atoms with van der Waals surface area (Å²) in [5.41, 5.74) is 4.84. The molecule has 0 radical (unpaired) electrons. The Morgan fingerprint density at radius 2 is 2.00 bits per heavy atom. The molecule has 0 bridgehead atoms. The second-order valence-electron chi connectivity index (χ2n) is 4.63. The van der Waals surface area contributed by atoms with Crippen molar-refractivity contribution in [1.82, 2.24) is 4.90 Å². The maximum Gasteiger partial charge on any atom is 0.293 e. The molecule has 21 heavy (non-hydrogen) atoms. The van der Waals surface area contributed by atoms with E-state index in [9.17, 15) is 9.59 Å². The molecule has 2 rings (SSSR count). The lowest BCUT2D eigenvalue weighted by Crippen LogP contribution is -2.55. The summed E-state index contributed by atoms with van der Waals surface area (Å²) in [5.74, 6) is 0.636. The van der Waals surface area contributed by atoms with Crippen LogP contribution in [-0.4, -0.2) is 36.2 Å². The first-order valence-electron chi connectivity index (χ1n) is 6.81. The van der Waals surface area contributed by atoms with Crippen LogP contribution in [-0.2, 0) is 11.2 Å². The molecule has 6 heteroatoms. The summed E-state index contributed by atoms with van der Waals surface area (Å²) < 4.78 is 5.11. The zero-order valence-corrected chi connectivity index (χ0v) is 12.8. The van der Waals surface area contributed by atoms with E-state index in [1.54, 1.807) is 7.11 Å². The predicted octanol–water partition coefficient (Wildman–Crippen LogP) is 1.45. The Kier molecular flexibility index (Phi) is 5.41. The molecule has 0 atom stereocenters. The summed E-state index contributed by atoms with van der Waals surface area (Å²) in [6.07, 6.45) is 3.40. The van der Waals surface area contributed by atoms with Crippen molar-refractivity contribution in [2.45, 2.75) is 12.8 Å². The Labute approximate surface area is 128 Å². The highest BCUT2D eigenvalue weighted by molar-refractivity contribution is 8.18. The smallest absolute Gasteiger partial charge is 0.293 e. The Bertz CT molecular complexity index is 555. The second kappa shape index (κ2) is 7.28. The van der Waals surface area contributed by atoms with Crippen molar-refractivity contribution < 1.29 is 20.1 Å². The Balaban J connectivity index is 1.92. The molecule has 5 nitrogen and oxygen atoms in total. The summed E-state index contributed by atoms with van der Waals surface area (Å²) in [6.45, 7) is 0.928. The van der Waals surface area contributed by atoms with Gasteiger partial charge >= 0.3 is 0 Å². The molecule has 3 N–H and O–H groups in total. The highest BCUT2D eigenvalue weighted by Gasteiger charge is 2.34. The number of methoxy groups -OCH3 is 1. The topological polar surface area (TPSA) is 74.2 Å². The van der Waals surface area contributed by atoms with Crippen LogP contribution < -0.4 is 10.5 Å². The fraction of sp³-hybridized carbons (Fsp3) is 0.333. The zero-order valence-electron chi connectivity index (χ0n) is 12.0. The molecule has 112 valence electrons. The largest absolute Gasteiger partial charge is 0.497 e. The third-order valence-electron chi connectivity index (χ3n) is 3.18. The van der Waals surface area contributed by atoms with Gasteiger partial charge in [0, 0.05) is 0 Å². The van der Waals surface area contributed by atoms with Gasteiger partial charge in [-0.25, -0.2) is 0 Å². The fourth-order valence-corrected chi connectivity index (χ4v) is 2.92. The first-order valence-corrected chi connectivity index (χ1v) is 7.63. The van der Waals surface area contributed by atoms with Gasteiger partial charge < -0.3 is 10.5 Å². The molecular formula is C15H19N2O3S+. The van der Waals surface area contributed by atoms with Crippen LogP contribution in [0.25, 0.3) is 0 Å². The lowest BCUT2D eigenvalue weighted by Gasteiger charge is -2.08. The molecule has 0 aromatic heterocycles. The van der Waals surface area contributed by atoms with Gasteiger partial charge in [0.05, 0.1) is 25.1 Å². The third-order valence-corrected chi connectivity index (χ3v) is 4.13. The number of quaternary nitrogens is 1. The van der Waals surface area contributed by atoms with E-state index in [1.807, 2.05) is 30.3 Å². The van der Waals surface area contributed by atoms with Gasteiger partial charge in [0.15, 0.2) is 0 Å². The third kappa shape index (κ3) is 3.86. The number of amides is 2. The number of carbonyl (C=O) groups is 2. The first kappa shape index (κ1) is 15.6. The van der Waals surface area contributed by atoms with Crippen molar-refractivity contribution in [3.05, 3.63) is 40.8 Å². The van der Waals surface area contributed by atoms with E-state index in [1.165, 1.54) is 10.5 Å². The molecule has 1 aliphatic heterocycles. The van der Waals surface area contributed by atoms with E-state index in [0.29, 0.717) is 18.0 Å². The van der Waals surface area contributed by atoms with Gasteiger partial charge in [0.1, 0.15) is 5.75 Å². The molecule has 1 saturated heterocycles. The quantitative estimate of drug-likeness (QED) is 0.807. The van der Waals surface area contributed by atoms with Crippen molar-refractivity contribution in [2.75, 3.05) is 20.2 Å². The summed E-state index contributed by atoms with van der Waals surface area (Å²) in [4.78, 5) is 25.5. The van der Waals surface area contributed by atoms with Crippen LogP contribution >= 0.6 is 11.8 Å². The molecule has 0 saturated carbocycles. The molecule has 1 fully saturated rings. The maximum absolute atomic E-state index is 12.0.